The predicted molar refractivity (Wildman–Crippen MR) is 75.6 cm³/mol. The van der Waals surface area contributed by atoms with Crippen molar-refractivity contribution in [3.8, 4) is 0 Å². The van der Waals surface area contributed by atoms with Gasteiger partial charge in [-0.15, -0.1) is 0 Å². The molecule has 2 rings (SSSR count). The molecule has 0 aromatic rings. The number of aliphatic carboxylic acids is 1. The minimum absolute atomic E-state index is 0.0409. The van der Waals surface area contributed by atoms with Crippen molar-refractivity contribution in [2.24, 2.45) is 5.41 Å². The minimum atomic E-state index is -0.807. The highest BCUT2D eigenvalue weighted by Crippen LogP contribution is 2.43. The van der Waals surface area contributed by atoms with E-state index in [1.807, 2.05) is 0 Å². The molecule has 20 heavy (non-hydrogen) atoms. The minimum Gasteiger partial charge on any atom is -0.481 e. The standard InChI is InChI=1S/C13H20N2O4S/c16-10(2-5-15-6-7-20-12(15)19)14-9-13(3-1-4-13)8-11(17)18/h1-9H2,(H,14,16)(H,17,18). The molecule has 1 aliphatic carbocycles. The van der Waals surface area contributed by atoms with Crippen molar-refractivity contribution in [3.63, 3.8) is 0 Å². The van der Waals surface area contributed by atoms with Gasteiger partial charge in [-0.3, -0.25) is 14.4 Å². The van der Waals surface area contributed by atoms with Gasteiger partial charge in [-0.05, 0) is 18.3 Å². The fourth-order valence-corrected chi connectivity index (χ4v) is 3.50. The number of amides is 2. The molecular formula is C13H20N2O4S. The van der Waals surface area contributed by atoms with E-state index in [0.717, 1.165) is 25.0 Å². The first-order valence-corrected chi connectivity index (χ1v) is 7.90. The van der Waals surface area contributed by atoms with Crippen molar-refractivity contribution >= 4 is 28.9 Å². The molecule has 0 aromatic carbocycles. The third-order valence-electron chi connectivity index (χ3n) is 4.05. The number of carbonyl (C=O) groups is 3. The average molecular weight is 300 g/mol. The summed E-state index contributed by atoms with van der Waals surface area (Å²) in [5.41, 5.74) is -0.249. The van der Waals surface area contributed by atoms with E-state index in [9.17, 15) is 14.4 Å². The second-order valence-electron chi connectivity index (χ2n) is 5.55. The maximum Gasteiger partial charge on any atom is 0.303 e. The van der Waals surface area contributed by atoms with Gasteiger partial charge in [0, 0.05) is 31.8 Å². The van der Waals surface area contributed by atoms with Crippen LogP contribution in [0.15, 0.2) is 0 Å². The van der Waals surface area contributed by atoms with Gasteiger partial charge in [0.05, 0.1) is 6.42 Å². The number of carboxylic acid groups (broad SMARTS) is 1. The van der Waals surface area contributed by atoms with Gasteiger partial charge in [-0.1, -0.05) is 18.2 Å². The second kappa shape index (κ2) is 6.47. The molecule has 0 spiro atoms. The summed E-state index contributed by atoms with van der Waals surface area (Å²) in [4.78, 5) is 35.7. The fraction of sp³-hybridized carbons (Fsp3) is 0.769. The van der Waals surface area contributed by atoms with Gasteiger partial charge in [0.1, 0.15) is 0 Å². The van der Waals surface area contributed by atoms with Gasteiger partial charge in [0.25, 0.3) is 5.24 Å². The van der Waals surface area contributed by atoms with Gasteiger partial charge >= 0.3 is 5.97 Å². The van der Waals surface area contributed by atoms with Crippen LogP contribution >= 0.6 is 11.8 Å². The summed E-state index contributed by atoms with van der Waals surface area (Å²) in [6.07, 6.45) is 3.16. The topological polar surface area (TPSA) is 86.7 Å². The molecule has 2 fully saturated rings. The van der Waals surface area contributed by atoms with E-state index < -0.39 is 5.97 Å². The number of hydrogen-bond acceptors (Lipinski definition) is 4. The van der Waals surface area contributed by atoms with Crippen LogP contribution in [0, 0.1) is 5.41 Å². The molecule has 2 amide bonds. The highest BCUT2D eigenvalue weighted by Gasteiger charge is 2.39. The van der Waals surface area contributed by atoms with Gasteiger partial charge in [-0.2, -0.15) is 0 Å². The molecule has 2 N–H and O–H groups in total. The summed E-state index contributed by atoms with van der Waals surface area (Å²) in [5, 5.41) is 11.8. The highest BCUT2D eigenvalue weighted by molar-refractivity contribution is 8.13. The third-order valence-corrected chi connectivity index (χ3v) is 4.95. The van der Waals surface area contributed by atoms with E-state index in [-0.39, 0.29) is 29.4 Å². The summed E-state index contributed by atoms with van der Waals surface area (Å²) >= 11 is 1.28. The molecule has 6 nitrogen and oxygen atoms in total. The third kappa shape index (κ3) is 3.88. The number of nitrogens with one attached hydrogen (secondary N) is 1. The molecule has 0 radical (unpaired) electrons. The monoisotopic (exact) mass is 300 g/mol. The largest absolute Gasteiger partial charge is 0.481 e. The lowest BCUT2D eigenvalue weighted by molar-refractivity contribution is -0.141. The van der Waals surface area contributed by atoms with E-state index in [0.29, 0.717) is 19.6 Å². The maximum absolute atomic E-state index is 11.8. The lowest BCUT2D eigenvalue weighted by Gasteiger charge is -2.40. The first-order valence-electron chi connectivity index (χ1n) is 6.91. The molecule has 0 bridgehead atoms. The van der Waals surface area contributed by atoms with Crippen LogP contribution in [-0.4, -0.2) is 52.5 Å². The van der Waals surface area contributed by atoms with E-state index in [1.54, 1.807) is 4.90 Å². The summed E-state index contributed by atoms with van der Waals surface area (Å²) in [7, 11) is 0. The molecule has 2 aliphatic rings. The van der Waals surface area contributed by atoms with Crippen LogP contribution in [-0.2, 0) is 9.59 Å². The first kappa shape index (κ1) is 15.2. The van der Waals surface area contributed by atoms with Crippen LogP contribution in [0.3, 0.4) is 0 Å². The van der Waals surface area contributed by atoms with E-state index in [1.165, 1.54) is 11.8 Å². The number of rotatable bonds is 7. The van der Waals surface area contributed by atoms with Gasteiger partial charge in [-0.25, -0.2) is 0 Å². The Hall–Kier alpha value is -1.24. The van der Waals surface area contributed by atoms with Crippen molar-refractivity contribution < 1.29 is 19.5 Å². The Morgan fingerprint density at radius 2 is 2.15 bits per heavy atom. The lowest BCUT2D eigenvalue weighted by Crippen LogP contribution is -2.44. The molecule has 1 saturated carbocycles. The molecule has 1 aliphatic heterocycles. The zero-order valence-electron chi connectivity index (χ0n) is 11.4. The van der Waals surface area contributed by atoms with Gasteiger partial charge in [0.2, 0.25) is 5.91 Å². The number of nitrogens with zero attached hydrogens (tertiary/aromatic N) is 1. The summed E-state index contributed by atoms with van der Waals surface area (Å²) in [5.74, 6) is -0.118. The first-order chi connectivity index (χ1) is 9.51. The SMILES string of the molecule is O=C(O)CC1(CNC(=O)CCN2CCSC2=O)CCC1. The molecular weight excluding hydrogens is 280 g/mol. The lowest BCUT2D eigenvalue weighted by atomic mass is 9.66. The van der Waals surface area contributed by atoms with Crippen molar-refractivity contribution in [2.45, 2.75) is 32.1 Å². The van der Waals surface area contributed by atoms with Crippen molar-refractivity contribution in [1.82, 2.24) is 10.2 Å². The Morgan fingerprint density at radius 1 is 1.40 bits per heavy atom. The van der Waals surface area contributed by atoms with Crippen LogP contribution in [0.4, 0.5) is 4.79 Å². The second-order valence-corrected chi connectivity index (χ2v) is 6.60. The summed E-state index contributed by atoms with van der Waals surface area (Å²) < 4.78 is 0. The zero-order valence-corrected chi connectivity index (χ0v) is 12.2. The Labute approximate surface area is 122 Å². The molecule has 0 aromatic heterocycles. The Bertz CT molecular complexity index is 409. The number of carboxylic acids is 1. The highest BCUT2D eigenvalue weighted by atomic mass is 32.2. The normalized spacial score (nSPS) is 20.6. The van der Waals surface area contributed by atoms with Gasteiger partial charge in [0.15, 0.2) is 0 Å². The van der Waals surface area contributed by atoms with Crippen LogP contribution in [0.5, 0.6) is 0 Å². The number of carbonyl (C=O) groups excluding carboxylic acids is 2. The molecule has 1 saturated heterocycles. The van der Waals surface area contributed by atoms with E-state index >= 15 is 0 Å². The molecule has 0 atom stereocenters. The summed E-state index contributed by atoms with van der Waals surface area (Å²) in [6, 6.07) is 0. The fourth-order valence-electron chi connectivity index (χ4n) is 2.65. The Kier molecular flexibility index (Phi) is 4.91. The number of thioether (sulfide) groups is 1. The summed E-state index contributed by atoms with van der Waals surface area (Å²) in [6.45, 7) is 1.59. The van der Waals surface area contributed by atoms with E-state index in [4.69, 9.17) is 5.11 Å². The predicted octanol–water partition coefficient (Wildman–Crippen LogP) is 1.31. The quantitative estimate of drug-likeness (QED) is 0.740. The van der Waals surface area contributed by atoms with Crippen LogP contribution in [0.25, 0.3) is 0 Å². The smallest absolute Gasteiger partial charge is 0.303 e. The number of hydrogen-bond donors (Lipinski definition) is 2. The van der Waals surface area contributed by atoms with Crippen LogP contribution < -0.4 is 5.32 Å². The average Bonchev–Trinajstić information content (AvgIpc) is 2.75. The molecule has 7 heteroatoms. The van der Waals surface area contributed by atoms with E-state index in [2.05, 4.69) is 5.32 Å². The molecule has 0 unspecified atom stereocenters. The van der Waals surface area contributed by atoms with Crippen molar-refractivity contribution in [1.29, 1.82) is 0 Å². The zero-order chi connectivity index (χ0) is 14.6. The molecule has 112 valence electrons. The van der Waals surface area contributed by atoms with Crippen molar-refractivity contribution in [3.05, 3.63) is 0 Å². The molecule has 1 heterocycles. The van der Waals surface area contributed by atoms with Crippen LogP contribution in [0.1, 0.15) is 32.1 Å². The van der Waals surface area contributed by atoms with Gasteiger partial charge < -0.3 is 15.3 Å². The van der Waals surface area contributed by atoms with Crippen LogP contribution in [0.2, 0.25) is 0 Å². The van der Waals surface area contributed by atoms with Crippen molar-refractivity contribution in [2.75, 3.05) is 25.4 Å². The Morgan fingerprint density at radius 3 is 2.65 bits per heavy atom. The maximum atomic E-state index is 11.8. The Balaban J connectivity index is 1.69.